The fourth-order valence-corrected chi connectivity index (χ4v) is 2.57. The van der Waals surface area contributed by atoms with Crippen LogP contribution in [0, 0.1) is 6.92 Å². The van der Waals surface area contributed by atoms with Crippen molar-refractivity contribution < 1.29 is 4.74 Å². The molecule has 0 aliphatic carbocycles. The lowest BCUT2D eigenvalue weighted by molar-refractivity contribution is 0.147. The van der Waals surface area contributed by atoms with E-state index in [0.29, 0.717) is 0 Å². The van der Waals surface area contributed by atoms with Gasteiger partial charge in [-0.1, -0.05) is 0 Å². The Bertz CT molecular complexity index is 572. The van der Waals surface area contributed by atoms with Crippen LogP contribution >= 0.6 is 11.8 Å². The summed E-state index contributed by atoms with van der Waals surface area (Å²) >= 11 is 1.76. The van der Waals surface area contributed by atoms with E-state index in [-0.39, 0.29) is 0 Å². The van der Waals surface area contributed by atoms with Gasteiger partial charge in [-0.3, -0.25) is 0 Å². The number of pyridine rings is 1. The van der Waals surface area contributed by atoms with Gasteiger partial charge in [-0.25, -0.2) is 4.98 Å². The number of hydrogen-bond acceptors (Lipinski definition) is 4. The van der Waals surface area contributed by atoms with Crippen LogP contribution in [-0.4, -0.2) is 31.0 Å². The molecule has 1 aromatic heterocycles. The van der Waals surface area contributed by atoms with Gasteiger partial charge >= 0.3 is 0 Å². The van der Waals surface area contributed by atoms with Crippen LogP contribution in [-0.2, 0) is 4.74 Å². The summed E-state index contributed by atoms with van der Waals surface area (Å²) in [6.45, 7) is 6.63. The van der Waals surface area contributed by atoms with Gasteiger partial charge in [0, 0.05) is 30.0 Å². The number of fused-ring (bicyclic) bond motifs is 1. The van der Waals surface area contributed by atoms with Crippen molar-refractivity contribution in [2.24, 2.45) is 0 Å². The summed E-state index contributed by atoms with van der Waals surface area (Å²) in [6, 6.07) is 8.55. The molecule has 0 radical (unpaired) electrons. The second-order valence-electron chi connectivity index (χ2n) is 4.68. The van der Waals surface area contributed by atoms with Gasteiger partial charge < -0.3 is 10.1 Å². The Balaban J connectivity index is 2.08. The zero-order chi connectivity index (χ0) is 14.4. The fourth-order valence-electron chi connectivity index (χ4n) is 2.13. The number of anilines is 1. The molecule has 0 aliphatic rings. The van der Waals surface area contributed by atoms with Crippen molar-refractivity contribution in [1.29, 1.82) is 0 Å². The Morgan fingerprint density at radius 1 is 1.30 bits per heavy atom. The van der Waals surface area contributed by atoms with Crippen molar-refractivity contribution in [1.82, 2.24) is 4.98 Å². The van der Waals surface area contributed by atoms with Gasteiger partial charge in [-0.2, -0.15) is 0 Å². The largest absolute Gasteiger partial charge is 0.382 e. The predicted octanol–water partition coefficient (Wildman–Crippen LogP) is 4.10. The first-order chi connectivity index (χ1) is 9.74. The van der Waals surface area contributed by atoms with Crippen LogP contribution in [0.3, 0.4) is 0 Å². The Labute approximate surface area is 125 Å². The zero-order valence-corrected chi connectivity index (χ0v) is 13.2. The van der Waals surface area contributed by atoms with Gasteiger partial charge in [-0.05, 0) is 56.4 Å². The van der Waals surface area contributed by atoms with Crippen molar-refractivity contribution in [2.45, 2.75) is 25.2 Å². The summed E-state index contributed by atoms with van der Waals surface area (Å²) < 4.78 is 5.33. The van der Waals surface area contributed by atoms with E-state index in [2.05, 4.69) is 47.7 Å². The highest BCUT2D eigenvalue weighted by molar-refractivity contribution is 7.98. The van der Waals surface area contributed by atoms with Gasteiger partial charge in [0.2, 0.25) is 0 Å². The molecular formula is C16H22N2OS. The van der Waals surface area contributed by atoms with Crippen molar-refractivity contribution in [3.8, 4) is 0 Å². The maximum absolute atomic E-state index is 5.33. The number of thioether (sulfide) groups is 1. The Morgan fingerprint density at radius 3 is 2.90 bits per heavy atom. The molecule has 0 atom stereocenters. The normalized spacial score (nSPS) is 10.9. The maximum atomic E-state index is 5.33. The van der Waals surface area contributed by atoms with Gasteiger partial charge in [0.05, 0.1) is 5.52 Å². The summed E-state index contributed by atoms with van der Waals surface area (Å²) in [5, 5.41) is 4.60. The molecule has 0 aliphatic heterocycles. The number of aromatic nitrogens is 1. The summed E-state index contributed by atoms with van der Waals surface area (Å²) in [6.07, 6.45) is 3.09. The van der Waals surface area contributed by atoms with Crippen LogP contribution in [0.1, 0.15) is 18.9 Å². The molecule has 20 heavy (non-hydrogen) atoms. The number of rotatable bonds is 7. The molecule has 0 unspecified atom stereocenters. The van der Waals surface area contributed by atoms with Crippen molar-refractivity contribution in [2.75, 3.05) is 31.3 Å². The van der Waals surface area contributed by atoms with E-state index in [1.165, 1.54) is 15.8 Å². The summed E-state index contributed by atoms with van der Waals surface area (Å²) in [4.78, 5) is 5.95. The minimum atomic E-state index is 0.783. The van der Waals surface area contributed by atoms with Crippen molar-refractivity contribution >= 4 is 28.5 Å². The van der Waals surface area contributed by atoms with E-state index in [0.717, 1.165) is 37.5 Å². The van der Waals surface area contributed by atoms with E-state index >= 15 is 0 Å². The first kappa shape index (κ1) is 15.1. The molecular weight excluding hydrogens is 268 g/mol. The number of hydrogen-bond donors (Lipinski definition) is 1. The number of benzene rings is 1. The molecule has 4 heteroatoms. The smallest absolute Gasteiger partial charge is 0.126 e. The average Bonchev–Trinajstić information content (AvgIpc) is 2.47. The maximum Gasteiger partial charge on any atom is 0.126 e. The SMILES string of the molecule is CCOCCCNc1cc(C)c2cc(SC)ccc2n1. The Kier molecular flexibility index (Phi) is 5.68. The number of aryl methyl sites for hydroxylation is 1. The molecule has 3 nitrogen and oxygen atoms in total. The molecule has 0 amide bonds. The van der Waals surface area contributed by atoms with E-state index in [1.54, 1.807) is 11.8 Å². The van der Waals surface area contributed by atoms with Crippen LogP contribution in [0.15, 0.2) is 29.2 Å². The average molecular weight is 290 g/mol. The molecule has 0 bridgehead atoms. The van der Waals surface area contributed by atoms with E-state index < -0.39 is 0 Å². The van der Waals surface area contributed by atoms with E-state index in [9.17, 15) is 0 Å². The molecule has 0 fully saturated rings. The highest BCUT2D eigenvalue weighted by Crippen LogP contribution is 2.25. The molecule has 0 spiro atoms. The molecule has 1 heterocycles. The third kappa shape index (κ3) is 3.87. The quantitative estimate of drug-likeness (QED) is 0.615. The minimum absolute atomic E-state index is 0.783. The monoisotopic (exact) mass is 290 g/mol. The van der Waals surface area contributed by atoms with Crippen molar-refractivity contribution in [3.05, 3.63) is 29.8 Å². The van der Waals surface area contributed by atoms with Crippen LogP contribution in [0.25, 0.3) is 10.9 Å². The first-order valence-electron chi connectivity index (χ1n) is 7.01. The van der Waals surface area contributed by atoms with Crippen LogP contribution in [0.2, 0.25) is 0 Å². The highest BCUT2D eigenvalue weighted by Gasteiger charge is 2.03. The standard InChI is InChI=1S/C16H22N2OS/c1-4-19-9-5-8-17-16-10-12(2)14-11-13(20-3)6-7-15(14)18-16/h6-7,10-11H,4-5,8-9H2,1-3H3,(H,17,18). The third-order valence-corrected chi connectivity index (χ3v) is 3.92. The highest BCUT2D eigenvalue weighted by atomic mass is 32.2. The first-order valence-corrected chi connectivity index (χ1v) is 8.24. The molecule has 1 aromatic carbocycles. The van der Waals surface area contributed by atoms with E-state index in [1.807, 2.05) is 6.92 Å². The van der Waals surface area contributed by atoms with Gasteiger partial charge in [-0.15, -0.1) is 11.8 Å². The molecule has 2 rings (SSSR count). The van der Waals surface area contributed by atoms with Crippen LogP contribution < -0.4 is 5.32 Å². The lowest BCUT2D eigenvalue weighted by Gasteiger charge is -2.10. The number of nitrogens with one attached hydrogen (secondary N) is 1. The molecule has 0 saturated heterocycles. The van der Waals surface area contributed by atoms with Gasteiger partial charge in [0.15, 0.2) is 0 Å². The molecule has 2 aromatic rings. The van der Waals surface area contributed by atoms with Crippen molar-refractivity contribution in [3.63, 3.8) is 0 Å². The topological polar surface area (TPSA) is 34.1 Å². The summed E-state index contributed by atoms with van der Waals surface area (Å²) in [5.41, 5.74) is 2.31. The number of nitrogens with zero attached hydrogens (tertiary/aromatic N) is 1. The lowest BCUT2D eigenvalue weighted by Crippen LogP contribution is -2.07. The Hall–Kier alpha value is -1.26. The Morgan fingerprint density at radius 2 is 2.15 bits per heavy atom. The number of ether oxygens (including phenoxy) is 1. The minimum Gasteiger partial charge on any atom is -0.382 e. The van der Waals surface area contributed by atoms with E-state index in [4.69, 9.17) is 4.74 Å². The molecule has 1 N–H and O–H groups in total. The predicted molar refractivity (Wildman–Crippen MR) is 87.9 cm³/mol. The molecule has 0 saturated carbocycles. The fraction of sp³-hybridized carbons (Fsp3) is 0.438. The van der Waals surface area contributed by atoms with Crippen LogP contribution in [0.4, 0.5) is 5.82 Å². The summed E-state index contributed by atoms with van der Waals surface area (Å²) in [7, 11) is 0. The second-order valence-corrected chi connectivity index (χ2v) is 5.56. The zero-order valence-electron chi connectivity index (χ0n) is 12.4. The molecule has 108 valence electrons. The van der Waals surface area contributed by atoms with Crippen LogP contribution in [0.5, 0.6) is 0 Å². The third-order valence-electron chi connectivity index (χ3n) is 3.20. The second kappa shape index (κ2) is 7.50. The lowest BCUT2D eigenvalue weighted by atomic mass is 10.1. The van der Waals surface area contributed by atoms with Gasteiger partial charge in [0.1, 0.15) is 5.82 Å². The van der Waals surface area contributed by atoms with Gasteiger partial charge in [0.25, 0.3) is 0 Å². The summed E-state index contributed by atoms with van der Waals surface area (Å²) in [5.74, 6) is 0.948.